The van der Waals surface area contributed by atoms with E-state index in [1.165, 1.54) is 12.3 Å². The van der Waals surface area contributed by atoms with Crippen molar-refractivity contribution in [2.45, 2.75) is 71.4 Å². The molecular weight excluding hydrogens is 580 g/mol. The number of nitroso groups, excluding NO2 is 1. The third kappa shape index (κ3) is 5.98. The Hall–Kier alpha value is -3.73. The normalized spacial score (nSPS) is 18.3. The van der Waals surface area contributed by atoms with Crippen LogP contribution in [0.25, 0.3) is 0 Å². The van der Waals surface area contributed by atoms with Crippen molar-refractivity contribution in [1.82, 2.24) is 4.98 Å². The fourth-order valence-electron chi connectivity index (χ4n) is 6.43. The molecule has 0 amide bonds. The SMILES string of the molecule is Cc1nc(C(N=O)c2cc(CO[Si](c3ccccc3)(c3ccccc3)C(C)(C)C)c(N3C[C@@H](C)O[C@@H](C)C3)c(F)c2F)co1. The highest BCUT2D eigenvalue weighted by atomic mass is 28.4. The molecule has 0 saturated carbocycles. The molecule has 2 heterocycles. The molecule has 7 nitrogen and oxygen atoms in total. The van der Waals surface area contributed by atoms with Crippen molar-refractivity contribution in [1.29, 1.82) is 0 Å². The summed E-state index contributed by atoms with van der Waals surface area (Å²) in [6, 6.07) is 20.3. The lowest BCUT2D eigenvalue weighted by Gasteiger charge is -2.43. The average molecular weight is 620 g/mol. The van der Waals surface area contributed by atoms with Crippen LogP contribution in [-0.2, 0) is 15.8 Å². The van der Waals surface area contributed by atoms with Gasteiger partial charge in [0.1, 0.15) is 12.0 Å². The van der Waals surface area contributed by atoms with Gasteiger partial charge in [-0.1, -0.05) is 86.6 Å². The van der Waals surface area contributed by atoms with Gasteiger partial charge in [-0.2, -0.15) is 0 Å². The summed E-state index contributed by atoms with van der Waals surface area (Å²) in [5.74, 6) is -1.91. The lowest BCUT2D eigenvalue weighted by atomic mass is 9.98. The molecule has 1 saturated heterocycles. The van der Waals surface area contributed by atoms with Crippen LogP contribution in [0, 0.1) is 23.5 Å². The maximum Gasteiger partial charge on any atom is 0.261 e. The van der Waals surface area contributed by atoms with E-state index in [1.54, 1.807) is 6.92 Å². The number of halogens is 2. The van der Waals surface area contributed by atoms with Crippen molar-refractivity contribution >= 4 is 24.4 Å². The first-order valence-electron chi connectivity index (χ1n) is 14.9. The number of rotatable bonds is 9. The van der Waals surface area contributed by atoms with E-state index < -0.39 is 26.0 Å². The van der Waals surface area contributed by atoms with E-state index in [4.69, 9.17) is 13.6 Å². The molecular formula is C34H39F2N3O4Si. The molecule has 0 aliphatic carbocycles. The van der Waals surface area contributed by atoms with E-state index in [2.05, 4.69) is 55.2 Å². The van der Waals surface area contributed by atoms with Gasteiger partial charge in [0.2, 0.25) is 0 Å². The maximum atomic E-state index is 16.4. The second-order valence-electron chi connectivity index (χ2n) is 12.5. The van der Waals surface area contributed by atoms with Crippen molar-refractivity contribution in [3.05, 3.63) is 112 Å². The highest BCUT2D eigenvalue weighted by molar-refractivity contribution is 6.99. The monoisotopic (exact) mass is 619 g/mol. The van der Waals surface area contributed by atoms with Crippen LogP contribution in [0.5, 0.6) is 0 Å². The van der Waals surface area contributed by atoms with Gasteiger partial charge in [0.25, 0.3) is 8.32 Å². The van der Waals surface area contributed by atoms with Gasteiger partial charge in [-0.05, 0) is 35.3 Å². The minimum Gasteiger partial charge on any atom is -0.449 e. The van der Waals surface area contributed by atoms with Gasteiger partial charge >= 0.3 is 0 Å². The number of aryl methyl sites for hydroxylation is 1. The van der Waals surface area contributed by atoms with Gasteiger partial charge in [-0.25, -0.2) is 13.8 Å². The number of hydrogen-bond donors (Lipinski definition) is 0. The first-order chi connectivity index (χ1) is 21.0. The Morgan fingerprint density at radius 3 is 2.05 bits per heavy atom. The molecule has 1 unspecified atom stereocenters. The van der Waals surface area contributed by atoms with Crippen molar-refractivity contribution in [2.24, 2.45) is 5.18 Å². The lowest BCUT2D eigenvalue weighted by molar-refractivity contribution is -0.00553. The number of aromatic nitrogens is 1. The minimum atomic E-state index is -3.05. The number of ether oxygens (including phenoxy) is 1. The molecule has 5 rings (SSSR count). The molecule has 1 aliphatic rings. The summed E-state index contributed by atoms with van der Waals surface area (Å²) in [4.78, 5) is 18.1. The topological polar surface area (TPSA) is 77.2 Å². The van der Waals surface area contributed by atoms with Gasteiger partial charge in [0.05, 0.1) is 24.5 Å². The third-order valence-electron chi connectivity index (χ3n) is 8.20. The molecule has 10 heteroatoms. The first kappa shape index (κ1) is 31.7. The van der Waals surface area contributed by atoms with Gasteiger partial charge in [-0.3, -0.25) is 0 Å². The zero-order valence-corrected chi connectivity index (χ0v) is 27.0. The van der Waals surface area contributed by atoms with Crippen LogP contribution in [0.4, 0.5) is 14.5 Å². The van der Waals surface area contributed by atoms with Crippen LogP contribution in [0.2, 0.25) is 5.04 Å². The van der Waals surface area contributed by atoms with Crippen LogP contribution >= 0.6 is 0 Å². The Kier molecular flexibility index (Phi) is 9.15. The Morgan fingerprint density at radius 1 is 1.00 bits per heavy atom. The minimum absolute atomic E-state index is 0.0314. The molecule has 1 fully saturated rings. The second kappa shape index (κ2) is 12.7. The summed E-state index contributed by atoms with van der Waals surface area (Å²) in [6.45, 7) is 12.6. The summed E-state index contributed by atoms with van der Waals surface area (Å²) >= 11 is 0. The molecule has 1 aliphatic heterocycles. The molecule has 0 spiro atoms. The largest absolute Gasteiger partial charge is 0.449 e. The van der Waals surface area contributed by atoms with Crippen LogP contribution in [0.15, 0.2) is 82.6 Å². The number of hydrogen-bond acceptors (Lipinski definition) is 7. The van der Waals surface area contributed by atoms with E-state index >= 15 is 8.78 Å². The van der Waals surface area contributed by atoms with Crippen LogP contribution < -0.4 is 15.3 Å². The van der Waals surface area contributed by atoms with Crippen molar-refractivity contribution < 1.29 is 22.4 Å². The highest BCUT2D eigenvalue weighted by Crippen LogP contribution is 2.40. The summed E-state index contributed by atoms with van der Waals surface area (Å²) < 4.78 is 50.7. The zero-order chi connectivity index (χ0) is 31.6. The van der Waals surface area contributed by atoms with E-state index in [-0.39, 0.29) is 46.7 Å². The highest BCUT2D eigenvalue weighted by Gasteiger charge is 2.50. The maximum absolute atomic E-state index is 16.4. The molecule has 4 aromatic rings. The number of nitrogens with zero attached hydrogens (tertiary/aromatic N) is 3. The molecule has 0 N–H and O–H groups in total. The Balaban J connectivity index is 1.69. The molecule has 3 atom stereocenters. The number of anilines is 1. The lowest BCUT2D eigenvalue weighted by Crippen LogP contribution is -2.66. The molecule has 1 aromatic heterocycles. The zero-order valence-electron chi connectivity index (χ0n) is 26.0. The van der Waals surface area contributed by atoms with Crippen LogP contribution in [0.1, 0.15) is 63.4 Å². The number of benzene rings is 3. The van der Waals surface area contributed by atoms with E-state index in [0.29, 0.717) is 18.7 Å². The molecule has 0 radical (unpaired) electrons. The summed E-state index contributed by atoms with van der Waals surface area (Å²) in [5.41, 5.74) is 0.412. The summed E-state index contributed by atoms with van der Waals surface area (Å²) in [5, 5.41) is 4.92. The fraction of sp³-hybridized carbons (Fsp3) is 0.382. The first-order valence-corrected chi connectivity index (χ1v) is 16.8. The van der Waals surface area contributed by atoms with Crippen molar-refractivity contribution in [3.63, 3.8) is 0 Å². The molecule has 3 aromatic carbocycles. The fourth-order valence-corrected chi connectivity index (χ4v) is 11.0. The number of morpholine rings is 1. The standard InChI is InChI=1S/C34H39F2N3O4Si/c1-22-18-39(19-23(2)43-22)33-25(17-28(30(35)31(33)36)32(38-40)29-21-41-24(3)37-29)20-42-44(34(4,5)6,26-13-9-7-10-14-26)27-15-11-8-12-16-27/h7-17,21-23,32H,18-20H2,1-6H3/t22-,23+,32?. The predicted octanol–water partition coefficient (Wildman–Crippen LogP) is 6.81. The summed E-state index contributed by atoms with van der Waals surface area (Å²) in [7, 11) is -3.05. The van der Waals surface area contributed by atoms with Gasteiger partial charge in [0.15, 0.2) is 23.6 Å². The van der Waals surface area contributed by atoms with E-state index in [9.17, 15) is 4.91 Å². The van der Waals surface area contributed by atoms with Crippen LogP contribution in [-0.4, -0.2) is 38.6 Å². The van der Waals surface area contributed by atoms with Gasteiger partial charge < -0.3 is 18.5 Å². The molecule has 44 heavy (non-hydrogen) atoms. The second-order valence-corrected chi connectivity index (χ2v) is 16.8. The Labute approximate surface area is 258 Å². The molecule has 0 bridgehead atoms. The average Bonchev–Trinajstić information content (AvgIpc) is 3.41. The van der Waals surface area contributed by atoms with Gasteiger partial charge in [-0.15, -0.1) is 4.91 Å². The van der Waals surface area contributed by atoms with E-state index in [1.807, 2.05) is 55.1 Å². The third-order valence-corrected chi connectivity index (χ3v) is 13.2. The van der Waals surface area contributed by atoms with Crippen LogP contribution in [0.3, 0.4) is 0 Å². The van der Waals surface area contributed by atoms with Gasteiger partial charge in [0, 0.05) is 31.1 Å². The number of oxazole rings is 1. The summed E-state index contributed by atoms with van der Waals surface area (Å²) in [6.07, 6.45) is 0.846. The Bertz CT molecular complexity index is 1540. The predicted molar refractivity (Wildman–Crippen MR) is 170 cm³/mol. The molecule has 232 valence electrons. The van der Waals surface area contributed by atoms with Crippen molar-refractivity contribution in [3.8, 4) is 0 Å². The van der Waals surface area contributed by atoms with E-state index in [0.717, 1.165) is 10.4 Å². The van der Waals surface area contributed by atoms with Crippen molar-refractivity contribution in [2.75, 3.05) is 18.0 Å². The quantitative estimate of drug-likeness (QED) is 0.151. The Morgan fingerprint density at radius 2 is 1.57 bits per heavy atom. The smallest absolute Gasteiger partial charge is 0.261 e.